The summed E-state index contributed by atoms with van der Waals surface area (Å²) in [6.07, 6.45) is 0. The number of morpholine rings is 1. The van der Waals surface area contributed by atoms with Crippen molar-refractivity contribution in [3.63, 3.8) is 0 Å². The van der Waals surface area contributed by atoms with Crippen LogP contribution in [0.15, 0.2) is 29.2 Å². The van der Waals surface area contributed by atoms with Gasteiger partial charge in [0.15, 0.2) is 0 Å². The van der Waals surface area contributed by atoms with Gasteiger partial charge >= 0.3 is 0 Å². The molecular weight excluding hydrogens is 316 g/mol. The number of hydrogen-bond acceptors (Lipinski definition) is 4. The van der Waals surface area contributed by atoms with Gasteiger partial charge in [-0.1, -0.05) is 26.0 Å². The van der Waals surface area contributed by atoms with Crippen molar-refractivity contribution in [3.8, 4) is 0 Å². The Kier molecular flexibility index (Phi) is 5.78. The van der Waals surface area contributed by atoms with E-state index in [-0.39, 0.29) is 22.3 Å². The third kappa shape index (κ3) is 4.10. The molecule has 0 bridgehead atoms. The second kappa shape index (κ2) is 7.42. The van der Waals surface area contributed by atoms with Crippen LogP contribution < -0.4 is 0 Å². The Hall–Kier alpha value is -1.44. The maximum absolute atomic E-state index is 12.8. The Balaban J connectivity index is 2.35. The average Bonchev–Trinajstić information content (AvgIpc) is 2.54. The standard InChI is InChI=1S/C16H24N2O4S/c1-13(2)12-17(3)23(20,21)15-7-5-4-6-14(15)16(19)18-8-10-22-11-9-18/h4-7,13H,8-12H2,1-3H3. The maximum atomic E-state index is 12.8. The first kappa shape index (κ1) is 17.9. The quantitative estimate of drug-likeness (QED) is 0.813. The molecule has 0 atom stereocenters. The molecule has 2 rings (SSSR count). The second-order valence-electron chi connectivity index (χ2n) is 6.08. The number of benzene rings is 1. The van der Waals surface area contributed by atoms with Crippen LogP contribution in [0.5, 0.6) is 0 Å². The Labute approximate surface area is 138 Å². The molecule has 128 valence electrons. The zero-order valence-corrected chi connectivity index (χ0v) is 14.7. The van der Waals surface area contributed by atoms with Gasteiger partial charge in [0.25, 0.3) is 5.91 Å². The lowest BCUT2D eigenvalue weighted by Crippen LogP contribution is -2.41. The summed E-state index contributed by atoms with van der Waals surface area (Å²) in [5.41, 5.74) is 0.227. The third-order valence-electron chi connectivity index (χ3n) is 3.73. The highest BCUT2D eigenvalue weighted by Gasteiger charge is 2.29. The van der Waals surface area contributed by atoms with E-state index in [4.69, 9.17) is 4.74 Å². The molecule has 1 heterocycles. The van der Waals surface area contributed by atoms with Gasteiger partial charge in [-0.15, -0.1) is 0 Å². The fourth-order valence-corrected chi connectivity index (χ4v) is 4.10. The highest BCUT2D eigenvalue weighted by Crippen LogP contribution is 2.22. The molecule has 0 unspecified atom stereocenters. The molecule has 1 aromatic rings. The van der Waals surface area contributed by atoms with E-state index in [9.17, 15) is 13.2 Å². The van der Waals surface area contributed by atoms with Crippen LogP contribution in [0, 0.1) is 5.92 Å². The van der Waals surface area contributed by atoms with Crippen LogP contribution in [0.4, 0.5) is 0 Å². The van der Waals surface area contributed by atoms with Crippen molar-refractivity contribution in [2.45, 2.75) is 18.7 Å². The number of rotatable bonds is 5. The Bertz CT molecular complexity index is 652. The second-order valence-corrected chi connectivity index (χ2v) is 8.09. The summed E-state index contributed by atoms with van der Waals surface area (Å²) in [5, 5.41) is 0. The Morgan fingerprint density at radius 2 is 1.87 bits per heavy atom. The molecule has 0 spiro atoms. The van der Waals surface area contributed by atoms with E-state index in [0.29, 0.717) is 32.8 Å². The van der Waals surface area contributed by atoms with Crippen molar-refractivity contribution in [2.75, 3.05) is 39.9 Å². The number of sulfonamides is 1. The molecule has 1 aliphatic heterocycles. The summed E-state index contributed by atoms with van der Waals surface area (Å²) >= 11 is 0. The summed E-state index contributed by atoms with van der Waals surface area (Å²) in [6, 6.07) is 6.41. The molecule has 0 aromatic heterocycles. The lowest BCUT2D eigenvalue weighted by Gasteiger charge is -2.28. The normalized spacial score (nSPS) is 16.1. The first-order valence-corrected chi connectivity index (χ1v) is 9.20. The topological polar surface area (TPSA) is 66.9 Å². The minimum Gasteiger partial charge on any atom is -0.378 e. The number of carbonyl (C=O) groups is 1. The first-order valence-electron chi connectivity index (χ1n) is 7.76. The largest absolute Gasteiger partial charge is 0.378 e. The van der Waals surface area contributed by atoms with Crippen molar-refractivity contribution < 1.29 is 17.9 Å². The van der Waals surface area contributed by atoms with Crippen molar-refractivity contribution in [2.24, 2.45) is 5.92 Å². The molecule has 0 saturated carbocycles. The van der Waals surface area contributed by atoms with Gasteiger partial charge in [-0.3, -0.25) is 4.79 Å². The predicted molar refractivity (Wildman–Crippen MR) is 87.8 cm³/mol. The molecule has 0 radical (unpaired) electrons. The molecule has 1 aliphatic rings. The Morgan fingerprint density at radius 3 is 2.48 bits per heavy atom. The summed E-state index contributed by atoms with van der Waals surface area (Å²) < 4.78 is 32.2. The van der Waals surface area contributed by atoms with Crippen LogP contribution >= 0.6 is 0 Å². The third-order valence-corrected chi connectivity index (χ3v) is 5.61. The average molecular weight is 340 g/mol. The molecule has 1 amide bonds. The van der Waals surface area contributed by atoms with Crippen molar-refractivity contribution in [3.05, 3.63) is 29.8 Å². The van der Waals surface area contributed by atoms with E-state index in [2.05, 4.69) is 0 Å². The van der Waals surface area contributed by atoms with Gasteiger partial charge in [-0.05, 0) is 18.1 Å². The van der Waals surface area contributed by atoms with Crippen LogP contribution in [-0.4, -0.2) is 63.4 Å². The molecule has 6 nitrogen and oxygen atoms in total. The molecule has 23 heavy (non-hydrogen) atoms. The minimum atomic E-state index is -3.69. The van der Waals surface area contributed by atoms with E-state index < -0.39 is 10.0 Å². The summed E-state index contributed by atoms with van der Waals surface area (Å²) in [7, 11) is -2.15. The van der Waals surface area contributed by atoms with Gasteiger partial charge in [0.05, 0.1) is 23.7 Å². The zero-order valence-electron chi connectivity index (χ0n) is 13.9. The van der Waals surface area contributed by atoms with Crippen molar-refractivity contribution in [1.82, 2.24) is 9.21 Å². The monoisotopic (exact) mass is 340 g/mol. The summed E-state index contributed by atoms with van der Waals surface area (Å²) in [4.78, 5) is 14.4. The lowest BCUT2D eigenvalue weighted by molar-refractivity contribution is 0.0300. The molecule has 1 saturated heterocycles. The van der Waals surface area contributed by atoms with Crippen LogP contribution in [-0.2, 0) is 14.8 Å². The van der Waals surface area contributed by atoms with E-state index in [0.717, 1.165) is 0 Å². The maximum Gasteiger partial charge on any atom is 0.255 e. The molecular formula is C16H24N2O4S. The van der Waals surface area contributed by atoms with E-state index >= 15 is 0 Å². The van der Waals surface area contributed by atoms with Gasteiger partial charge in [-0.2, -0.15) is 0 Å². The van der Waals surface area contributed by atoms with Gasteiger partial charge in [0.1, 0.15) is 0 Å². The smallest absolute Gasteiger partial charge is 0.255 e. The fourth-order valence-electron chi connectivity index (χ4n) is 2.59. The molecule has 0 aliphatic carbocycles. The fraction of sp³-hybridized carbons (Fsp3) is 0.562. The Morgan fingerprint density at radius 1 is 1.26 bits per heavy atom. The molecule has 7 heteroatoms. The van der Waals surface area contributed by atoms with Gasteiger partial charge in [-0.25, -0.2) is 12.7 Å². The highest BCUT2D eigenvalue weighted by atomic mass is 32.2. The lowest BCUT2D eigenvalue weighted by atomic mass is 10.2. The summed E-state index contributed by atoms with van der Waals surface area (Å²) in [6.45, 7) is 6.24. The van der Waals surface area contributed by atoms with Crippen LogP contribution in [0.2, 0.25) is 0 Å². The van der Waals surface area contributed by atoms with E-state index in [1.54, 1.807) is 30.1 Å². The van der Waals surface area contributed by atoms with Gasteiger partial charge in [0, 0.05) is 26.7 Å². The van der Waals surface area contributed by atoms with Crippen LogP contribution in [0.1, 0.15) is 24.2 Å². The highest BCUT2D eigenvalue weighted by molar-refractivity contribution is 7.89. The van der Waals surface area contributed by atoms with Gasteiger partial charge < -0.3 is 9.64 Å². The molecule has 1 aromatic carbocycles. The van der Waals surface area contributed by atoms with E-state index in [1.807, 2.05) is 13.8 Å². The van der Waals surface area contributed by atoms with Crippen molar-refractivity contribution in [1.29, 1.82) is 0 Å². The predicted octanol–water partition coefficient (Wildman–Crippen LogP) is 1.44. The first-order chi connectivity index (χ1) is 10.8. The molecule has 0 N–H and O–H groups in total. The van der Waals surface area contributed by atoms with Gasteiger partial charge in [0.2, 0.25) is 10.0 Å². The number of amides is 1. The number of ether oxygens (including phenoxy) is 1. The zero-order chi connectivity index (χ0) is 17.0. The SMILES string of the molecule is CC(C)CN(C)S(=O)(=O)c1ccccc1C(=O)N1CCOCC1. The van der Waals surface area contributed by atoms with Crippen LogP contribution in [0.25, 0.3) is 0 Å². The summed E-state index contributed by atoms with van der Waals surface area (Å²) in [5.74, 6) is -0.0534. The number of nitrogens with zero attached hydrogens (tertiary/aromatic N) is 2. The van der Waals surface area contributed by atoms with Crippen molar-refractivity contribution >= 4 is 15.9 Å². The van der Waals surface area contributed by atoms with Crippen LogP contribution in [0.3, 0.4) is 0 Å². The van der Waals surface area contributed by atoms with E-state index in [1.165, 1.54) is 10.4 Å². The minimum absolute atomic E-state index is 0.0691. The molecule has 1 fully saturated rings. The number of hydrogen-bond donors (Lipinski definition) is 0. The number of carbonyl (C=O) groups excluding carboxylic acids is 1.